The molecular weight excluding hydrogens is 310 g/mol. The highest BCUT2D eigenvalue weighted by Gasteiger charge is 2.55. The second-order valence-corrected chi connectivity index (χ2v) is 7.87. The first-order valence-corrected chi connectivity index (χ1v) is 9.53. The van der Waals surface area contributed by atoms with Crippen LogP contribution in [0.3, 0.4) is 0 Å². The Hall–Kier alpha value is -2.00. The van der Waals surface area contributed by atoms with Crippen LogP contribution in [0.1, 0.15) is 36.8 Å². The quantitative estimate of drug-likeness (QED) is 0.923. The minimum Gasteiger partial charge on any atom is -0.504 e. The third-order valence-corrected chi connectivity index (χ3v) is 6.66. The van der Waals surface area contributed by atoms with E-state index in [9.17, 15) is 5.11 Å². The van der Waals surface area contributed by atoms with Crippen molar-refractivity contribution < 1.29 is 9.84 Å². The molecule has 0 amide bonds. The molecule has 2 bridgehead atoms. The minimum absolute atomic E-state index is 0.125. The molecule has 0 aromatic heterocycles. The first-order chi connectivity index (χ1) is 12.3. The molecule has 130 valence electrons. The van der Waals surface area contributed by atoms with Crippen LogP contribution >= 0.6 is 0 Å². The largest absolute Gasteiger partial charge is 0.504 e. The molecule has 0 radical (unpaired) electrons. The Kier molecular flexibility index (Phi) is 3.53. The molecule has 1 saturated heterocycles. The summed E-state index contributed by atoms with van der Waals surface area (Å²) < 4.78 is 6.21. The zero-order valence-corrected chi connectivity index (χ0v) is 14.5. The molecule has 1 N–H and O–H groups in total. The van der Waals surface area contributed by atoms with Crippen LogP contribution in [0.15, 0.2) is 48.5 Å². The number of nitrogens with zero attached hydrogens (tertiary/aromatic N) is 1. The van der Waals surface area contributed by atoms with Crippen molar-refractivity contribution in [3.05, 3.63) is 59.7 Å². The van der Waals surface area contributed by atoms with Gasteiger partial charge >= 0.3 is 0 Å². The normalized spacial score (nSPS) is 30.4. The van der Waals surface area contributed by atoms with Crippen molar-refractivity contribution in [2.24, 2.45) is 0 Å². The van der Waals surface area contributed by atoms with Crippen molar-refractivity contribution in [3.63, 3.8) is 0 Å². The number of aromatic hydroxyl groups is 1. The average Bonchev–Trinajstić information content (AvgIpc) is 2.96. The Labute approximate surface area is 149 Å². The fourth-order valence-electron chi connectivity index (χ4n) is 5.36. The van der Waals surface area contributed by atoms with Crippen molar-refractivity contribution in [3.8, 4) is 11.5 Å². The Bertz CT molecular complexity index is 775. The molecule has 2 aliphatic heterocycles. The van der Waals surface area contributed by atoms with Crippen LogP contribution in [-0.4, -0.2) is 35.2 Å². The number of phenolic OH excluding ortho intramolecular Hbond substituents is 1. The Morgan fingerprint density at radius 2 is 1.96 bits per heavy atom. The maximum Gasteiger partial charge on any atom is 0.165 e. The van der Waals surface area contributed by atoms with Crippen LogP contribution in [0.2, 0.25) is 0 Å². The van der Waals surface area contributed by atoms with Gasteiger partial charge in [-0.05, 0) is 50.3 Å². The van der Waals surface area contributed by atoms with E-state index in [0.29, 0.717) is 11.8 Å². The van der Waals surface area contributed by atoms with E-state index in [-0.39, 0.29) is 11.5 Å². The van der Waals surface area contributed by atoms with Gasteiger partial charge in [-0.1, -0.05) is 42.5 Å². The highest BCUT2D eigenvalue weighted by Crippen LogP contribution is 2.57. The molecule has 1 spiro atoms. The summed E-state index contributed by atoms with van der Waals surface area (Å²) in [5, 5.41) is 10.2. The smallest absolute Gasteiger partial charge is 0.165 e. The predicted octanol–water partition coefficient (Wildman–Crippen LogP) is 3.89. The van der Waals surface area contributed by atoms with Gasteiger partial charge in [-0.15, -0.1) is 0 Å². The van der Waals surface area contributed by atoms with Gasteiger partial charge in [0, 0.05) is 23.6 Å². The number of para-hydroxylation sites is 1. The first kappa shape index (κ1) is 15.3. The number of benzene rings is 2. The van der Waals surface area contributed by atoms with E-state index in [1.807, 2.05) is 6.07 Å². The van der Waals surface area contributed by atoms with Gasteiger partial charge in [-0.25, -0.2) is 0 Å². The number of ether oxygens (including phenoxy) is 1. The summed E-state index contributed by atoms with van der Waals surface area (Å²) in [7, 11) is 0. The molecule has 2 aromatic carbocycles. The van der Waals surface area contributed by atoms with Crippen LogP contribution < -0.4 is 4.74 Å². The number of likely N-dealkylation sites (tertiary alicyclic amines) is 1. The molecule has 2 aromatic rings. The summed E-state index contributed by atoms with van der Waals surface area (Å²) in [6.07, 6.45) is 5.99. The van der Waals surface area contributed by atoms with Crippen molar-refractivity contribution in [2.75, 3.05) is 13.1 Å². The van der Waals surface area contributed by atoms with E-state index in [1.165, 1.54) is 24.0 Å². The van der Waals surface area contributed by atoms with Gasteiger partial charge in [0.05, 0.1) is 0 Å². The van der Waals surface area contributed by atoms with E-state index in [4.69, 9.17) is 4.74 Å². The topological polar surface area (TPSA) is 32.7 Å². The number of piperidine rings is 1. The highest BCUT2D eigenvalue weighted by molar-refractivity contribution is 5.54. The first-order valence-electron chi connectivity index (χ1n) is 9.53. The van der Waals surface area contributed by atoms with Crippen LogP contribution in [0.5, 0.6) is 11.5 Å². The molecule has 3 nitrogen and oxygen atoms in total. The van der Waals surface area contributed by atoms with Gasteiger partial charge in [-0.2, -0.15) is 0 Å². The van der Waals surface area contributed by atoms with Gasteiger partial charge < -0.3 is 9.84 Å². The number of hydrogen-bond donors (Lipinski definition) is 1. The fourth-order valence-corrected chi connectivity index (χ4v) is 5.36. The van der Waals surface area contributed by atoms with Crippen LogP contribution in [0, 0.1) is 0 Å². The molecule has 2 heterocycles. The van der Waals surface area contributed by atoms with E-state index >= 15 is 0 Å². The lowest BCUT2D eigenvalue weighted by Gasteiger charge is -2.51. The third kappa shape index (κ3) is 2.36. The third-order valence-electron chi connectivity index (χ3n) is 6.66. The fraction of sp³-hybridized carbons (Fsp3) is 0.455. The molecule has 2 fully saturated rings. The molecule has 1 aliphatic carbocycles. The van der Waals surface area contributed by atoms with Crippen molar-refractivity contribution in [1.82, 2.24) is 4.90 Å². The Morgan fingerprint density at radius 3 is 2.84 bits per heavy atom. The molecule has 5 rings (SSSR count). The maximum atomic E-state index is 10.2. The molecule has 0 unspecified atom stereocenters. The van der Waals surface area contributed by atoms with Crippen LogP contribution in [0.4, 0.5) is 0 Å². The zero-order valence-electron chi connectivity index (χ0n) is 14.5. The second-order valence-electron chi connectivity index (χ2n) is 7.87. The summed E-state index contributed by atoms with van der Waals surface area (Å²) in [5.41, 5.74) is 2.81. The summed E-state index contributed by atoms with van der Waals surface area (Å²) in [6.45, 7) is 2.27. The summed E-state index contributed by atoms with van der Waals surface area (Å²) in [6, 6.07) is 17.3. The molecule has 1 saturated carbocycles. The molecule has 3 heteroatoms. The maximum absolute atomic E-state index is 10.2. The van der Waals surface area contributed by atoms with Gasteiger partial charge in [0.25, 0.3) is 0 Å². The molecule has 3 atom stereocenters. The van der Waals surface area contributed by atoms with Gasteiger partial charge in [0.1, 0.15) is 6.10 Å². The van der Waals surface area contributed by atoms with E-state index in [1.54, 1.807) is 6.07 Å². The summed E-state index contributed by atoms with van der Waals surface area (Å²) in [4.78, 5) is 2.69. The van der Waals surface area contributed by atoms with Crippen molar-refractivity contribution >= 4 is 0 Å². The number of rotatable bonds is 3. The molecule has 3 aliphatic rings. The van der Waals surface area contributed by atoms with Crippen molar-refractivity contribution in [1.29, 1.82) is 0 Å². The SMILES string of the molecule is Oc1cccc2c1O[C@H]1CC[C@@H]3C[C@]21CCN3CCc1ccccc1. The number of phenols is 1. The summed E-state index contributed by atoms with van der Waals surface area (Å²) >= 11 is 0. The molecule has 25 heavy (non-hydrogen) atoms. The van der Waals surface area contributed by atoms with Gasteiger partial charge in [0.15, 0.2) is 11.5 Å². The van der Waals surface area contributed by atoms with E-state index in [0.717, 1.165) is 38.1 Å². The van der Waals surface area contributed by atoms with E-state index in [2.05, 4.69) is 41.3 Å². The lowest BCUT2D eigenvalue weighted by atomic mass is 9.62. The number of fused-ring (bicyclic) bond motifs is 2. The van der Waals surface area contributed by atoms with Crippen molar-refractivity contribution in [2.45, 2.75) is 49.7 Å². The summed E-state index contributed by atoms with van der Waals surface area (Å²) in [5.74, 6) is 1.07. The lowest BCUT2D eigenvalue weighted by Crippen LogP contribution is -2.57. The van der Waals surface area contributed by atoms with Crippen LogP contribution in [-0.2, 0) is 11.8 Å². The van der Waals surface area contributed by atoms with Gasteiger partial charge in [0.2, 0.25) is 0 Å². The Balaban J connectivity index is 1.36. The lowest BCUT2D eigenvalue weighted by molar-refractivity contribution is -0.00615. The predicted molar refractivity (Wildman–Crippen MR) is 98.2 cm³/mol. The highest BCUT2D eigenvalue weighted by atomic mass is 16.5. The average molecular weight is 335 g/mol. The molecular formula is C22H25NO2. The standard InChI is InChI=1S/C22H25NO2/c24-19-8-4-7-18-21(19)25-20-10-9-17-15-22(18,20)12-14-23(17)13-11-16-5-2-1-3-6-16/h1-8,17,20,24H,9-15H2/t17-,20+,22-/m1/s1. The zero-order chi connectivity index (χ0) is 16.9. The van der Waals surface area contributed by atoms with Gasteiger partial charge in [-0.3, -0.25) is 4.90 Å². The van der Waals surface area contributed by atoms with Crippen LogP contribution in [0.25, 0.3) is 0 Å². The van der Waals surface area contributed by atoms with E-state index < -0.39 is 0 Å². The monoisotopic (exact) mass is 335 g/mol. The second kappa shape index (κ2) is 5.77. The number of hydrogen-bond acceptors (Lipinski definition) is 3. The minimum atomic E-state index is 0.125. The Morgan fingerprint density at radius 1 is 1.08 bits per heavy atom.